The van der Waals surface area contributed by atoms with E-state index in [0.717, 1.165) is 29.8 Å². The zero-order chi connectivity index (χ0) is 15.1. The Hall–Kier alpha value is -1.94. The number of alkyl halides is 1. The van der Waals surface area contributed by atoms with Crippen molar-refractivity contribution < 1.29 is 4.79 Å². The van der Waals surface area contributed by atoms with Crippen LogP contribution in [0.15, 0.2) is 36.4 Å². The summed E-state index contributed by atoms with van der Waals surface area (Å²) in [5.41, 5.74) is 2.92. The van der Waals surface area contributed by atoms with Crippen molar-refractivity contribution in [3.05, 3.63) is 53.4 Å². The Bertz CT molecular complexity index is 620. The first kappa shape index (κ1) is 15.4. The van der Waals surface area contributed by atoms with E-state index in [9.17, 15) is 4.79 Å². The average Bonchev–Trinajstić information content (AvgIpc) is 2.86. The van der Waals surface area contributed by atoms with Crippen LogP contribution < -0.4 is 0 Å². The van der Waals surface area contributed by atoms with Crippen LogP contribution >= 0.6 is 11.6 Å². The molecule has 0 saturated carbocycles. The van der Waals surface area contributed by atoms with Crippen molar-refractivity contribution >= 4 is 23.5 Å². The largest absolute Gasteiger partial charge is 0.295 e. The average molecular weight is 304 g/mol. The molecule has 4 nitrogen and oxygen atoms in total. The smallest absolute Gasteiger partial charge is 0.152 e. The SMILES string of the molecule is CC(=O)/C=C/c1nnn(Cc2ccccc2)c1CCCCl. The minimum atomic E-state index is -0.00379. The van der Waals surface area contributed by atoms with Crippen molar-refractivity contribution in [2.45, 2.75) is 26.3 Å². The number of benzene rings is 1. The van der Waals surface area contributed by atoms with Crippen LogP contribution in [0.3, 0.4) is 0 Å². The predicted molar refractivity (Wildman–Crippen MR) is 84.3 cm³/mol. The van der Waals surface area contributed by atoms with Crippen LogP contribution in [-0.2, 0) is 17.8 Å². The van der Waals surface area contributed by atoms with Gasteiger partial charge in [-0.3, -0.25) is 4.79 Å². The molecular formula is C16H18ClN3O. The number of aromatic nitrogens is 3. The fraction of sp³-hybridized carbons (Fsp3) is 0.312. The first-order valence-electron chi connectivity index (χ1n) is 6.91. The summed E-state index contributed by atoms with van der Waals surface area (Å²) in [6.45, 7) is 2.18. The van der Waals surface area contributed by atoms with Gasteiger partial charge in [0, 0.05) is 5.88 Å². The summed E-state index contributed by atoms with van der Waals surface area (Å²) in [5.74, 6) is 0.586. The molecule has 2 aromatic rings. The summed E-state index contributed by atoms with van der Waals surface area (Å²) in [5, 5.41) is 8.37. The van der Waals surface area contributed by atoms with E-state index in [-0.39, 0.29) is 5.78 Å². The summed E-state index contributed by atoms with van der Waals surface area (Å²) < 4.78 is 1.88. The molecule has 0 unspecified atom stereocenters. The fourth-order valence-electron chi connectivity index (χ4n) is 2.05. The molecule has 0 N–H and O–H groups in total. The van der Waals surface area contributed by atoms with Gasteiger partial charge in [-0.05, 0) is 37.5 Å². The highest BCUT2D eigenvalue weighted by atomic mass is 35.5. The van der Waals surface area contributed by atoms with Gasteiger partial charge in [0.25, 0.3) is 0 Å². The number of carbonyl (C=O) groups excluding carboxylic acids is 1. The Labute approximate surface area is 129 Å². The third-order valence-corrected chi connectivity index (χ3v) is 3.33. The van der Waals surface area contributed by atoms with Crippen molar-refractivity contribution in [1.82, 2.24) is 15.0 Å². The molecule has 0 radical (unpaired) electrons. The van der Waals surface area contributed by atoms with Crippen LogP contribution in [0.2, 0.25) is 0 Å². The van der Waals surface area contributed by atoms with Gasteiger partial charge in [0.1, 0.15) is 5.69 Å². The zero-order valence-corrected chi connectivity index (χ0v) is 12.8. The quantitative estimate of drug-likeness (QED) is 0.583. The molecule has 0 bridgehead atoms. The van der Waals surface area contributed by atoms with Gasteiger partial charge in [-0.25, -0.2) is 4.68 Å². The molecule has 0 amide bonds. The number of nitrogens with zero attached hydrogens (tertiary/aromatic N) is 3. The highest BCUT2D eigenvalue weighted by molar-refractivity contribution is 6.17. The van der Waals surface area contributed by atoms with E-state index >= 15 is 0 Å². The molecule has 0 spiro atoms. The molecule has 1 aromatic carbocycles. The molecule has 110 valence electrons. The molecule has 0 fully saturated rings. The Kier molecular flexibility index (Phi) is 5.69. The zero-order valence-electron chi connectivity index (χ0n) is 12.0. The monoisotopic (exact) mass is 303 g/mol. The van der Waals surface area contributed by atoms with Gasteiger partial charge < -0.3 is 0 Å². The van der Waals surface area contributed by atoms with E-state index in [1.165, 1.54) is 13.0 Å². The van der Waals surface area contributed by atoms with Gasteiger partial charge in [0.15, 0.2) is 5.78 Å². The normalized spacial score (nSPS) is 11.1. The van der Waals surface area contributed by atoms with Crippen molar-refractivity contribution in [3.8, 4) is 0 Å². The predicted octanol–water partition coefficient (Wildman–Crippen LogP) is 3.10. The molecule has 2 rings (SSSR count). The molecule has 0 aliphatic heterocycles. The summed E-state index contributed by atoms with van der Waals surface area (Å²) in [6, 6.07) is 10.1. The maximum atomic E-state index is 11.1. The number of ketones is 1. The van der Waals surface area contributed by atoms with Gasteiger partial charge >= 0.3 is 0 Å². The van der Waals surface area contributed by atoms with Crippen LogP contribution in [0.25, 0.3) is 6.08 Å². The molecule has 1 aromatic heterocycles. The first-order valence-corrected chi connectivity index (χ1v) is 7.45. The number of hydrogen-bond donors (Lipinski definition) is 0. The molecule has 5 heteroatoms. The summed E-state index contributed by atoms with van der Waals surface area (Å²) in [7, 11) is 0. The third kappa shape index (κ3) is 4.53. The molecule has 0 atom stereocenters. The Morgan fingerprint density at radius 2 is 2.10 bits per heavy atom. The standard InChI is InChI=1S/C16H18ClN3O/c1-13(21)9-10-15-16(8-5-11-17)20(19-18-15)12-14-6-3-2-4-7-14/h2-4,6-7,9-10H,5,8,11-12H2,1H3/b10-9+. The molecule has 1 heterocycles. The van der Waals surface area contributed by atoms with Crippen molar-refractivity contribution in [3.63, 3.8) is 0 Å². The second-order valence-electron chi connectivity index (χ2n) is 4.80. The van der Waals surface area contributed by atoms with Crippen molar-refractivity contribution in [1.29, 1.82) is 0 Å². The van der Waals surface area contributed by atoms with Crippen molar-refractivity contribution in [2.24, 2.45) is 0 Å². The van der Waals surface area contributed by atoms with Gasteiger partial charge in [0.2, 0.25) is 0 Å². The topological polar surface area (TPSA) is 47.8 Å². The van der Waals surface area contributed by atoms with Crippen LogP contribution in [0, 0.1) is 0 Å². The maximum absolute atomic E-state index is 11.1. The lowest BCUT2D eigenvalue weighted by Gasteiger charge is -2.06. The Balaban J connectivity index is 2.25. The Morgan fingerprint density at radius 1 is 1.33 bits per heavy atom. The number of rotatable bonds is 7. The van der Waals surface area contributed by atoms with Gasteiger partial charge in [-0.2, -0.15) is 0 Å². The van der Waals surface area contributed by atoms with Crippen LogP contribution in [-0.4, -0.2) is 26.7 Å². The lowest BCUT2D eigenvalue weighted by atomic mass is 10.1. The second kappa shape index (κ2) is 7.74. The summed E-state index contributed by atoms with van der Waals surface area (Å²) in [6.07, 6.45) is 4.88. The molecule has 0 saturated heterocycles. The maximum Gasteiger partial charge on any atom is 0.152 e. The first-order chi connectivity index (χ1) is 10.2. The van der Waals surface area contributed by atoms with Gasteiger partial charge in [-0.15, -0.1) is 16.7 Å². The van der Waals surface area contributed by atoms with E-state index in [2.05, 4.69) is 22.4 Å². The van der Waals surface area contributed by atoms with Crippen LogP contribution in [0.1, 0.15) is 30.3 Å². The molecule has 0 aliphatic carbocycles. The minimum Gasteiger partial charge on any atom is -0.295 e. The molecular weight excluding hydrogens is 286 g/mol. The lowest BCUT2D eigenvalue weighted by Crippen LogP contribution is -2.07. The second-order valence-corrected chi connectivity index (χ2v) is 5.18. The van der Waals surface area contributed by atoms with E-state index < -0.39 is 0 Å². The number of carbonyl (C=O) groups is 1. The van der Waals surface area contributed by atoms with E-state index in [1.807, 2.05) is 22.9 Å². The fourth-order valence-corrected chi connectivity index (χ4v) is 2.18. The summed E-state index contributed by atoms with van der Waals surface area (Å²) in [4.78, 5) is 11.1. The number of hydrogen-bond acceptors (Lipinski definition) is 3. The number of halogens is 1. The number of allylic oxidation sites excluding steroid dienone is 1. The molecule has 0 aliphatic rings. The van der Waals surface area contributed by atoms with Crippen LogP contribution in [0.4, 0.5) is 0 Å². The summed E-state index contributed by atoms with van der Waals surface area (Å²) >= 11 is 5.79. The molecule has 21 heavy (non-hydrogen) atoms. The van der Waals surface area contributed by atoms with Crippen molar-refractivity contribution in [2.75, 3.05) is 5.88 Å². The van der Waals surface area contributed by atoms with Gasteiger partial charge in [-0.1, -0.05) is 35.5 Å². The lowest BCUT2D eigenvalue weighted by molar-refractivity contribution is -0.112. The third-order valence-electron chi connectivity index (χ3n) is 3.07. The Morgan fingerprint density at radius 3 is 2.76 bits per heavy atom. The van der Waals surface area contributed by atoms with E-state index in [4.69, 9.17) is 11.6 Å². The van der Waals surface area contributed by atoms with E-state index in [0.29, 0.717) is 12.4 Å². The van der Waals surface area contributed by atoms with Gasteiger partial charge in [0.05, 0.1) is 12.2 Å². The highest BCUT2D eigenvalue weighted by Crippen LogP contribution is 2.13. The highest BCUT2D eigenvalue weighted by Gasteiger charge is 2.11. The minimum absolute atomic E-state index is 0.00379. The van der Waals surface area contributed by atoms with Crippen LogP contribution in [0.5, 0.6) is 0 Å². The van der Waals surface area contributed by atoms with E-state index in [1.54, 1.807) is 6.08 Å².